The van der Waals surface area contributed by atoms with E-state index in [0.29, 0.717) is 26.5 Å². The molecule has 4 aromatic rings. The van der Waals surface area contributed by atoms with Gasteiger partial charge in [0.25, 0.3) is 5.56 Å². The monoisotopic (exact) mass is 513 g/mol. The Bertz CT molecular complexity index is 1730. The van der Waals surface area contributed by atoms with Crippen LogP contribution in [0.4, 0.5) is 0 Å². The number of nitrogens with one attached hydrogen (secondary N) is 1. The van der Waals surface area contributed by atoms with Gasteiger partial charge in [0.15, 0.2) is 4.80 Å². The van der Waals surface area contributed by atoms with Crippen LogP contribution in [0.2, 0.25) is 0 Å². The Hall–Kier alpha value is -3.71. The lowest BCUT2D eigenvalue weighted by molar-refractivity contribution is -0.139. The molecule has 0 aliphatic carbocycles. The first-order chi connectivity index (χ1) is 17.7. The number of nitrogens with zero attached hydrogens (tertiary/aromatic N) is 2. The molecule has 3 heterocycles. The van der Waals surface area contributed by atoms with Crippen LogP contribution >= 0.6 is 11.3 Å². The molecule has 0 amide bonds. The van der Waals surface area contributed by atoms with E-state index in [-0.39, 0.29) is 12.2 Å². The summed E-state index contributed by atoms with van der Waals surface area (Å²) in [7, 11) is 0. The van der Waals surface area contributed by atoms with E-state index in [4.69, 9.17) is 9.73 Å². The Morgan fingerprint density at radius 1 is 1.16 bits per heavy atom. The number of benzene rings is 2. The van der Waals surface area contributed by atoms with E-state index >= 15 is 0 Å². The van der Waals surface area contributed by atoms with Crippen LogP contribution in [-0.2, 0) is 9.53 Å². The quantitative estimate of drug-likeness (QED) is 0.381. The number of aromatic amines is 1. The molecular formula is C30H31N3O3S. The molecule has 0 bridgehead atoms. The molecule has 2 aromatic heterocycles. The predicted octanol–water partition coefficient (Wildman–Crippen LogP) is 5.02. The fraction of sp³-hybridized carbons (Fsp3) is 0.300. The molecule has 1 N–H and O–H groups in total. The van der Waals surface area contributed by atoms with Gasteiger partial charge in [0.05, 0.1) is 28.5 Å². The summed E-state index contributed by atoms with van der Waals surface area (Å²) in [5.41, 5.74) is 7.03. The van der Waals surface area contributed by atoms with E-state index in [2.05, 4.69) is 56.1 Å². The molecule has 0 saturated carbocycles. The van der Waals surface area contributed by atoms with Crippen molar-refractivity contribution in [2.45, 2.75) is 53.5 Å². The SMILES string of the molecule is CCOC(=O)C1=C(C)N=c2s/c(=C\c3c(C)[nH]c4ccc(C)cc34)c(=O)n2[C@@H]1c1ccc(C(C)C)cc1. The van der Waals surface area contributed by atoms with Crippen LogP contribution in [0.25, 0.3) is 17.0 Å². The lowest BCUT2D eigenvalue weighted by Crippen LogP contribution is -2.39. The molecule has 37 heavy (non-hydrogen) atoms. The van der Waals surface area contributed by atoms with Gasteiger partial charge < -0.3 is 9.72 Å². The molecule has 1 aliphatic rings. The molecule has 6 nitrogen and oxygen atoms in total. The largest absolute Gasteiger partial charge is 0.463 e. The van der Waals surface area contributed by atoms with E-state index in [0.717, 1.165) is 33.3 Å². The molecular weight excluding hydrogens is 482 g/mol. The average Bonchev–Trinajstić information content (AvgIpc) is 3.33. The van der Waals surface area contributed by atoms with Gasteiger partial charge in [0, 0.05) is 22.2 Å². The Morgan fingerprint density at radius 3 is 2.57 bits per heavy atom. The molecule has 190 valence electrons. The highest BCUT2D eigenvalue weighted by atomic mass is 32.1. The van der Waals surface area contributed by atoms with Crippen molar-refractivity contribution in [2.24, 2.45) is 4.99 Å². The van der Waals surface area contributed by atoms with Crippen LogP contribution in [0, 0.1) is 13.8 Å². The maximum atomic E-state index is 13.9. The van der Waals surface area contributed by atoms with E-state index in [1.165, 1.54) is 16.9 Å². The van der Waals surface area contributed by atoms with Crippen LogP contribution in [0.5, 0.6) is 0 Å². The zero-order chi connectivity index (χ0) is 26.4. The van der Waals surface area contributed by atoms with Crippen LogP contribution in [0.1, 0.15) is 67.6 Å². The van der Waals surface area contributed by atoms with Gasteiger partial charge in [-0.25, -0.2) is 9.79 Å². The predicted molar refractivity (Wildman–Crippen MR) is 149 cm³/mol. The topological polar surface area (TPSA) is 76.4 Å². The lowest BCUT2D eigenvalue weighted by atomic mass is 9.93. The molecule has 0 radical (unpaired) electrons. The van der Waals surface area contributed by atoms with Gasteiger partial charge in [-0.1, -0.05) is 61.1 Å². The first-order valence-electron chi connectivity index (χ1n) is 12.6. The van der Waals surface area contributed by atoms with Gasteiger partial charge in [-0.3, -0.25) is 9.36 Å². The van der Waals surface area contributed by atoms with E-state index in [1.54, 1.807) is 11.5 Å². The number of esters is 1. The van der Waals surface area contributed by atoms with Gasteiger partial charge in [-0.05, 0) is 62.9 Å². The second kappa shape index (κ2) is 9.63. The van der Waals surface area contributed by atoms with Crippen LogP contribution in [0.3, 0.4) is 0 Å². The fourth-order valence-electron chi connectivity index (χ4n) is 4.95. The summed E-state index contributed by atoms with van der Waals surface area (Å²) in [4.78, 5) is 35.7. The molecule has 0 fully saturated rings. The Balaban J connectivity index is 1.74. The molecule has 5 rings (SSSR count). The van der Waals surface area contributed by atoms with E-state index in [9.17, 15) is 9.59 Å². The summed E-state index contributed by atoms with van der Waals surface area (Å²) in [6.07, 6.45) is 1.94. The second-order valence-corrected chi connectivity index (χ2v) is 10.8. The minimum absolute atomic E-state index is 0.169. The molecule has 7 heteroatoms. The minimum atomic E-state index is -0.607. The van der Waals surface area contributed by atoms with E-state index in [1.807, 2.05) is 32.1 Å². The smallest absolute Gasteiger partial charge is 0.338 e. The number of thiazole rings is 1. The number of hydrogen-bond donors (Lipinski definition) is 1. The second-order valence-electron chi connectivity index (χ2n) is 9.84. The number of hydrogen-bond acceptors (Lipinski definition) is 5. The summed E-state index contributed by atoms with van der Waals surface area (Å²) in [6, 6.07) is 13.8. The molecule has 1 aliphatic heterocycles. The number of H-pyrrole nitrogens is 1. The molecule has 0 spiro atoms. The third-order valence-electron chi connectivity index (χ3n) is 6.90. The van der Waals surface area contributed by atoms with Gasteiger partial charge in [-0.15, -0.1) is 0 Å². The lowest BCUT2D eigenvalue weighted by Gasteiger charge is -2.25. The van der Waals surface area contributed by atoms with Crippen LogP contribution in [-0.4, -0.2) is 22.1 Å². The number of rotatable bonds is 5. The number of carbonyl (C=O) groups is 1. The zero-order valence-electron chi connectivity index (χ0n) is 22.0. The van der Waals surface area contributed by atoms with Crippen molar-refractivity contribution >= 4 is 34.3 Å². The third kappa shape index (κ3) is 4.37. The van der Waals surface area contributed by atoms with Crippen molar-refractivity contribution in [1.29, 1.82) is 0 Å². The first kappa shape index (κ1) is 25.0. The third-order valence-corrected chi connectivity index (χ3v) is 7.89. The van der Waals surface area contributed by atoms with Gasteiger partial charge in [0.1, 0.15) is 0 Å². The van der Waals surface area contributed by atoms with Crippen molar-refractivity contribution in [1.82, 2.24) is 9.55 Å². The maximum Gasteiger partial charge on any atom is 0.338 e. The molecule has 0 saturated heterocycles. The zero-order valence-corrected chi connectivity index (χ0v) is 22.8. The minimum Gasteiger partial charge on any atom is -0.463 e. The summed E-state index contributed by atoms with van der Waals surface area (Å²) in [5.74, 6) is -0.0696. The maximum absolute atomic E-state index is 13.9. The summed E-state index contributed by atoms with van der Waals surface area (Å²) >= 11 is 1.35. The van der Waals surface area contributed by atoms with Crippen molar-refractivity contribution in [3.63, 3.8) is 0 Å². The summed E-state index contributed by atoms with van der Waals surface area (Å²) in [5, 5.41) is 1.08. The highest BCUT2D eigenvalue weighted by Gasteiger charge is 2.33. The molecule has 1 atom stereocenters. The Morgan fingerprint density at radius 2 is 1.89 bits per heavy atom. The van der Waals surface area contributed by atoms with Crippen LogP contribution in [0.15, 0.2) is 63.5 Å². The molecule has 0 unspecified atom stereocenters. The van der Waals surface area contributed by atoms with E-state index < -0.39 is 12.0 Å². The fourth-order valence-corrected chi connectivity index (χ4v) is 5.98. The number of ether oxygens (including phenoxy) is 1. The van der Waals surface area contributed by atoms with Crippen molar-refractivity contribution in [3.8, 4) is 0 Å². The Labute approximate surface area is 219 Å². The summed E-state index contributed by atoms with van der Waals surface area (Å²) in [6.45, 7) is 12.2. The normalized spacial score (nSPS) is 15.9. The number of aryl methyl sites for hydroxylation is 2. The number of aromatic nitrogens is 2. The van der Waals surface area contributed by atoms with Crippen LogP contribution < -0.4 is 14.9 Å². The van der Waals surface area contributed by atoms with Gasteiger partial charge in [0.2, 0.25) is 0 Å². The number of fused-ring (bicyclic) bond motifs is 2. The first-order valence-corrected chi connectivity index (χ1v) is 13.4. The van der Waals surface area contributed by atoms with Gasteiger partial charge >= 0.3 is 5.97 Å². The highest BCUT2D eigenvalue weighted by molar-refractivity contribution is 7.07. The van der Waals surface area contributed by atoms with Crippen molar-refractivity contribution in [3.05, 3.63) is 101 Å². The molecule has 2 aromatic carbocycles. The Kier molecular flexibility index (Phi) is 6.50. The standard InChI is InChI=1S/C30H31N3O3S/c1-7-36-29(35)26-19(6)32-30-33(27(26)21-11-9-20(10-12-21)16(2)3)28(34)25(37-30)15-22-18(5)31-24-13-8-17(4)14-23(22)24/h8-16,27,31H,7H2,1-6H3/b25-15-/t27-/m1/s1. The van der Waals surface area contributed by atoms with Crippen molar-refractivity contribution in [2.75, 3.05) is 6.61 Å². The number of allylic oxidation sites excluding steroid dienone is 1. The summed E-state index contributed by atoms with van der Waals surface area (Å²) < 4.78 is 7.63. The van der Waals surface area contributed by atoms with Crippen molar-refractivity contribution < 1.29 is 9.53 Å². The average molecular weight is 514 g/mol. The van der Waals surface area contributed by atoms with Gasteiger partial charge in [-0.2, -0.15) is 0 Å². The highest BCUT2D eigenvalue weighted by Crippen LogP contribution is 2.31. The number of carbonyl (C=O) groups excluding carboxylic acids is 1.